The summed E-state index contributed by atoms with van der Waals surface area (Å²) < 4.78 is 5.93. The fourth-order valence-corrected chi connectivity index (χ4v) is 3.79. The van der Waals surface area contributed by atoms with Crippen LogP contribution >= 0.6 is 24.0 Å². The summed E-state index contributed by atoms with van der Waals surface area (Å²) in [6, 6.07) is 8.09. The van der Waals surface area contributed by atoms with Crippen LogP contribution in [0.1, 0.15) is 5.56 Å². The number of hydrogen-bond donors (Lipinski definition) is 0. The molecule has 0 N–H and O–H groups in total. The second-order valence-corrected chi connectivity index (χ2v) is 7.22. The molecule has 1 aromatic rings. The molecular weight excluding hydrogens is 330 g/mol. The van der Waals surface area contributed by atoms with Gasteiger partial charge in [-0.15, -0.1) is 0 Å². The third-order valence-electron chi connectivity index (χ3n) is 3.75. The topological polar surface area (TPSA) is 36.0 Å². The molecule has 3 rings (SSSR count). The summed E-state index contributed by atoms with van der Waals surface area (Å²) in [5.41, 5.74) is 2.13. The largest absolute Gasteiger partial charge is 0.379 e. The van der Waals surface area contributed by atoms with Crippen LogP contribution < -0.4 is 4.90 Å². The molecule has 0 aromatic heterocycles. The molecule has 2 heterocycles. The van der Waals surface area contributed by atoms with Crippen molar-refractivity contribution in [1.29, 1.82) is 0 Å². The standard InChI is InChI=1S/C16H19N3O2S2/c1-17(2)13-5-3-12(4-6-13)11-14-15(20)19(16(22)23-14)18-7-9-21-10-8-18/h3-6,11H,7-10H2,1-2H3/b14-11+. The van der Waals surface area contributed by atoms with Gasteiger partial charge >= 0.3 is 0 Å². The molecule has 1 amide bonds. The average Bonchev–Trinajstić information content (AvgIpc) is 2.82. The maximum atomic E-state index is 12.7. The minimum Gasteiger partial charge on any atom is -0.379 e. The van der Waals surface area contributed by atoms with E-state index < -0.39 is 0 Å². The highest BCUT2D eigenvalue weighted by Gasteiger charge is 2.36. The fraction of sp³-hybridized carbons (Fsp3) is 0.375. The first-order chi connectivity index (χ1) is 11.1. The molecule has 7 heteroatoms. The minimum atomic E-state index is -0.0430. The van der Waals surface area contributed by atoms with Crippen molar-refractivity contribution < 1.29 is 9.53 Å². The van der Waals surface area contributed by atoms with Crippen LogP contribution in [0.3, 0.4) is 0 Å². The van der Waals surface area contributed by atoms with Crippen molar-refractivity contribution in [3.63, 3.8) is 0 Å². The van der Waals surface area contributed by atoms with E-state index in [1.165, 1.54) is 11.8 Å². The minimum absolute atomic E-state index is 0.0430. The summed E-state index contributed by atoms with van der Waals surface area (Å²) in [4.78, 5) is 15.4. The molecule has 0 radical (unpaired) electrons. The maximum Gasteiger partial charge on any atom is 0.280 e. The number of morpholine rings is 1. The summed E-state index contributed by atoms with van der Waals surface area (Å²) >= 11 is 6.74. The molecular formula is C16H19N3O2S2. The van der Waals surface area contributed by atoms with Gasteiger partial charge in [0.15, 0.2) is 4.32 Å². The first-order valence-corrected chi connectivity index (χ1v) is 8.67. The van der Waals surface area contributed by atoms with E-state index >= 15 is 0 Å². The summed E-state index contributed by atoms with van der Waals surface area (Å²) in [5.74, 6) is -0.0430. The number of carbonyl (C=O) groups excluding carboxylic acids is 1. The van der Waals surface area contributed by atoms with Gasteiger partial charge in [0.25, 0.3) is 5.91 Å². The number of thiocarbonyl (C=S) groups is 1. The van der Waals surface area contributed by atoms with Crippen LogP contribution in [0.25, 0.3) is 6.08 Å². The SMILES string of the molecule is CN(C)c1ccc(/C=C2/SC(=S)N(N3CCOCC3)C2=O)cc1. The molecule has 5 nitrogen and oxygen atoms in total. The lowest BCUT2D eigenvalue weighted by Gasteiger charge is -2.33. The van der Waals surface area contributed by atoms with E-state index in [1.807, 2.05) is 54.3 Å². The Morgan fingerprint density at radius 1 is 1.22 bits per heavy atom. The maximum absolute atomic E-state index is 12.7. The van der Waals surface area contributed by atoms with E-state index in [4.69, 9.17) is 17.0 Å². The number of benzene rings is 1. The fourth-order valence-electron chi connectivity index (χ4n) is 2.48. The number of ether oxygens (including phenoxy) is 1. The number of carbonyl (C=O) groups is 1. The van der Waals surface area contributed by atoms with Crippen molar-refractivity contribution in [2.75, 3.05) is 45.3 Å². The van der Waals surface area contributed by atoms with Gasteiger partial charge in [-0.1, -0.05) is 36.1 Å². The Balaban J connectivity index is 1.78. The Kier molecular flexibility index (Phi) is 5.01. The first-order valence-electron chi connectivity index (χ1n) is 7.44. The van der Waals surface area contributed by atoms with Crippen molar-refractivity contribution >= 4 is 46.0 Å². The number of hydrogen-bond acceptors (Lipinski definition) is 6. The molecule has 23 heavy (non-hydrogen) atoms. The highest BCUT2D eigenvalue weighted by atomic mass is 32.2. The van der Waals surface area contributed by atoms with Gasteiger partial charge in [0.2, 0.25) is 0 Å². The second kappa shape index (κ2) is 7.00. The molecule has 2 saturated heterocycles. The van der Waals surface area contributed by atoms with Crippen molar-refractivity contribution in [2.24, 2.45) is 0 Å². The molecule has 0 atom stereocenters. The van der Waals surface area contributed by atoms with E-state index in [9.17, 15) is 4.79 Å². The normalized spacial score (nSPS) is 21.3. The molecule has 0 spiro atoms. The van der Waals surface area contributed by atoms with Crippen LogP contribution in [0, 0.1) is 0 Å². The Labute approximate surface area is 145 Å². The molecule has 0 saturated carbocycles. The molecule has 0 bridgehead atoms. The number of anilines is 1. The van der Waals surface area contributed by atoms with Crippen LogP contribution in [0.4, 0.5) is 5.69 Å². The first kappa shape index (κ1) is 16.4. The molecule has 2 aliphatic heterocycles. The number of amides is 1. The lowest BCUT2D eigenvalue weighted by atomic mass is 10.2. The van der Waals surface area contributed by atoms with E-state index in [2.05, 4.69) is 0 Å². The molecule has 122 valence electrons. The number of hydrazine groups is 1. The van der Waals surface area contributed by atoms with Gasteiger partial charge in [-0.3, -0.25) is 4.79 Å². The quantitative estimate of drug-likeness (QED) is 0.615. The molecule has 2 aliphatic rings. The average molecular weight is 349 g/mol. The van der Waals surface area contributed by atoms with Crippen molar-refractivity contribution in [3.8, 4) is 0 Å². The van der Waals surface area contributed by atoms with Crippen molar-refractivity contribution in [3.05, 3.63) is 34.7 Å². The van der Waals surface area contributed by atoms with E-state index in [0.29, 0.717) is 35.5 Å². The Morgan fingerprint density at radius 2 is 1.87 bits per heavy atom. The van der Waals surface area contributed by atoms with Gasteiger partial charge < -0.3 is 9.64 Å². The Hall–Kier alpha value is -1.41. The van der Waals surface area contributed by atoms with Gasteiger partial charge in [0.1, 0.15) is 0 Å². The van der Waals surface area contributed by atoms with Crippen molar-refractivity contribution in [2.45, 2.75) is 0 Å². The van der Waals surface area contributed by atoms with E-state index in [-0.39, 0.29) is 5.91 Å². The lowest BCUT2D eigenvalue weighted by Crippen LogP contribution is -2.50. The zero-order valence-electron chi connectivity index (χ0n) is 13.2. The summed E-state index contributed by atoms with van der Waals surface area (Å²) in [5, 5.41) is 3.58. The summed E-state index contributed by atoms with van der Waals surface area (Å²) in [7, 11) is 4.00. The van der Waals surface area contributed by atoms with E-state index in [0.717, 1.165) is 11.3 Å². The van der Waals surface area contributed by atoms with Crippen LogP contribution in [0.5, 0.6) is 0 Å². The molecule has 0 unspecified atom stereocenters. The van der Waals surface area contributed by atoms with Gasteiger partial charge in [0, 0.05) is 32.9 Å². The summed E-state index contributed by atoms with van der Waals surface area (Å²) in [6.45, 7) is 2.64. The zero-order valence-corrected chi connectivity index (χ0v) is 14.8. The predicted molar refractivity (Wildman–Crippen MR) is 98.2 cm³/mol. The van der Waals surface area contributed by atoms with Crippen LogP contribution in [0.2, 0.25) is 0 Å². The highest BCUT2D eigenvalue weighted by molar-refractivity contribution is 8.26. The van der Waals surface area contributed by atoms with Crippen LogP contribution in [-0.2, 0) is 9.53 Å². The van der Waals surface area contributed by atoms with Gasteiger partial charge in [0.05, 0.1) is 18.1 Å². The van der Waals surface area contributed by atoms with E-state index in [1.54, 1.807) is 5.01 Å². The number of nitrogens with zero attached hydrogens (tertiary/aromatic N) is 3. The van der Waals surface area contributed by atoms with Gasteiger partial charge in [-0.2, -0.15) is 0 Å². The lowest BCUT2D eigenvalue weighted by molar-refractivity contribution is -0.138. The highest BCUT2D eigenvalue weighted by Crippen LogP contribution is 2.34. The second-order valence-electron chi connectivity index (χ2n) is 5.55. The molecule has 2 fully saturated rings. The third kappa shape index (κ3) is 3.58. The monoisotopic (exact) mass is 349 g/mol. The number of thioether (sulfide) groups is 1. The van der Waals surface area contributed by atoms with Gasteiger partial charge in [-0.05, 0) is 23.8 Å². The predicted octanol–water partition coefficient (Wildman–Crippen LogP) is 2.20. The number of rotatable bonds is 3. The van der Waals surface area contributed by atoms with Crippen LogP contribution in [0.15, 0.2) is 29.2 Å². The molecule has 0 aliphatic carbocycles. The van der Waals surface area contributed by atoms with Gasteiger partial charge in [-0.25, -0.2) is 10.0 Å². The molecule has 1 aromatic carbocycles. The smallest absolute Gasteiger partial charge is 0.280 e. The van der Waals surface area contributed by atoms with Crippen molar-refractivity contribution in [1.82, 2.24) is 10.0 Å². The van der Waals surface area contributed by atoms with Crippen LogP contribution in [-0.4, -0.2) is 60.6 Å². The third-order valence-corrected chi connectivity index (χ3v) is 5.03. The Morgan fingerprint density at radius 3 is 2.48 bits per heavy atom. The Bertz CT molecular complexity index is 637. The summed E-state index contributed by atoms with van der Waals surface area (Å²) in [6.07, 6.45) is 1.90. The zero-order chi connectivity index (χ0) is 16.4.